The molecule has 3 heterocycles. The van der Waals surface area contributed by atoms with Gasteiger partial charge in [0.05, 0.1) is 0 Å². The van der Waals surface area contributed by atoms with Crippen molar-refractivity contribution in [3.63, 3.8) is 0 Å². The summed E-state index contributed by atoms with van der Waals surface area (Å²) in [5.41, 5.74) is 0.793. The lowest BCUT2D eigenvalue weighted by molar-refractivity contribution is 0.0689. The molecule has 1 aliphatic carbocycles. The Morgan fingerprint density at radius 3 is 2.85 bits per heavy atom. The summed E-state index contributed by atoms with van der Waals surface area (Å²) in [6.45, 7) is 1.61. The summed E-state index contributed by atoms with van der Waals surface area (Å²) in [5.74, 6) is 2.84. The smallest absolute Gasteiger partial charge is 0.253 e. The maximum atomic E-state index is 12.8. The van der Waals surface area contributed by atoms with E-state index in [0.717, 1.165) is 55.0 Å². The van der Waals surface area contributed by atoms with Crippen LogP contribution in [0.5, 0.6) is 0 Å². The molecule has 0 N–H and O–H groups in total. The molecule has 2 fully saturated rings. The van der Waals surface area contributed by atoms with E-state index in [1.807, 2.05) is 23.1 Å². The Kier molecular flexibility index (Phi) is 4.00. The average Bonchev–Trinajstić information content (AvgIpc) is 3.23. The van der Waals surface area contributed by atoms with E-state index < -0.39 is 0 Å². The number of aromatic nitrogens is 2. The van der Waals surface area contributed by atoms with Gasteiger partial charge in [-0.25, -0.2) is 0 Å². The van der Waals surface area contributed by atoms with Crippen LogP contribution in [0.15, 0.2) is 34.2 Å². The van der Waals surface area contributed by atoms with Crippen LogP contribution in [-0.2, 0) is 6.42 Å². The average molecular weight is 367 g/mol. The number of amides is 1. The Hall–Kier alpha value is -2.21. The van der Waals surface area contributed by atoms with Crippen LogP contribution >= 0.6 is 11.3 Å². The monoisotopic (exact) mass is 367 g/mol. The highest BCUT2D eigenvalue weighted by molar-refractivity contribution is 7.17. The number of carbonyl (C=O) groups is 1. The fourth-order valence-corrected chi connectivity index (χ4v) is 4.50. The Labute approximate surface area is 156 Å². The highest BCUT2D eigenvalue weighted by Gasteiger charge is 2.30. The van der Waals surface area contributed by atoms with Crippen molar-refractivity contribution in [1.29, 1.82) is 0 Å². The topological polar surface area (TPSA) is 59.2 Å². The van der Waals surface area contributed by atoms with Gasteiger partial charge in [-0.2, -0.15) is 4.98 Å². The van der Waals surface area contributed by atoms with Gasteiger partial charge < -0.3 is 9.42 Å². The van der Waals surface area contributed by atoms with Gasteiger partial charge in [0.1, 0.15) is 0 Å². The SMILES string of the molecule is O=C(c1ccc2sccc2c1)N1CCC(Cc2noc(C3CC3)n2)CC1. The number of benzene rings is 1. The molecule has 6 heteroatoms. The minimum atomic E-state index is 0.145. The first-order chi connectivity index (χ1) is 12.8. The van der Waals surface area contributed by atoms with Gasteiger partial charge in [0.15, 0.2) is 5.82 Å². The van der Waals surface area contributed by atoms with E-state index in [4.69, 9.17) is 4.52 Å². The number of thiophene rings is 1. The molecule has 0 radical (unpaired) electrons. The fourth-order valence-electron chi connectivity index (χ4n) is 3.73. The zero-order valence-electron chi connectivity index (χ0n) is 14.6. The number of nitrogens with zero attached hydrogens (tertiary/aromatic N) is 3. The normalized spacial score (nSPS) is 18.5. The van der Waals surface area contributed by atoms with Crippen molar-refractivity contribution >= 4 is 27.3 Å². The molecule has 5 nitrogen and oxygen atoms in total. The second-order valence-corrected chi connectivity index (χ2v) is 8.38. The van der Waals surface area contributed by atoms with Crippen molar-refractivity contribution in [3.05, 3.63) is 46.9 Å². The molecule has 1 saturated heterocycles. The standard InChI is InChI=1S/C20H21N3O2S/c24-20(16-3-4-17-15(12-16)7-10-26-17)23-8-5-13(6-9-23)11-18-21-19(25-22-18)14-1-2-14/h3-4,7,10,12-14H,1-2,5-6,8-9,11H2. The number of likely N-dealkylation sites (tertiary alicyclic amines) is 1. The maximum Gasteiger partial charge on any atom is 0.253 e. The van der Waals surface area contributed by atoms with Crippen molar-refractivity contribution in [3.8, 4) is 0 Å². The molecule has 2 aromatic heterocycles. The second-order valence-electron chi connectivity index (χ2n) is 7.44. The third-order valence-corrected chi connectivity index (χ3v) is 6.38. The minimum absolute atomic E-state index is 0.145. The first-order valence-electron chi connectivity index (χ1n) is 9.35. The number of piperidine rings is 1. The molecule has 134 valence electrons. The lowest BCUT2D eigenvalue weighted by Gasteiger charge is -2.31. The molecule has 0 atom stereocenters. The Bertz CT molecular complexity index is 935. The highest BCUT2D eigenvalue weighted by atomic mass is 32.1. The first-order valence-corrected chi connectivity index (χ1v) is 10.2. The zero-order chi connectivity index (χ0) is 17.5. The van der Waals surface area contributed by atoms with Gasteiger partial charge in [0, 0.05) is 35.7 Å². The van der Waals surface area contributed by atoms with E-state index in [1.165, 1.54) is 17.5 Å². The first kappa shape index (κ1) is 16.0. The molecule has 1 aliphatic heterocycles. The summed E-state index contributed by atoms with van der Waals surface area (Å²) < 4.78 is 6.58. The van der Waals surface area contributed by atoms with Crippen molar-refractivity contribution < 1.29 is 9.32 Å². The van der Waals surface area contributed by atoms with Gasteiger partial charge in [0.25, 0.3) is 5.91 Å². The van der Waals surface area contributed by atoms with Crippen LogP contribution in [0.25, 0.3) is 10.1 Å². The lowest BCUT2D eigenvalue weighted by atomic mass is 9.93. The fraction of sp³-hybridized carbons (Fsp3) is 0.450. The van der Waals surface area contributed by atoms with Crippen molar-refractivity contribution in [1.82, 2.24) is 15.0 Å². The molecular weight excluding hydrogens is 346 g/mol. The highest BCUT2D eigenvalue weighted by Crippen LogP contribution is 2.39. The maximum absolute atomic E-state index is 12.8. The summed E-state index contributed by atoms with van der Waals surface area (Å²) in [5, 5.41) is 7.35. The molecule has 0 spiro atoms. The summed E-state index contributed by atoms with van der Waals surface area (Å²) in [7, 11) is 0. The van der Waals surface area contributed by atoms with Crippen LogP contribution < -0.4 is 0 Å². The molecule has 26 heavy (non-hydrogen) atoms. The molecule has 1 saturated carbocycles. The third-order valence-electron chi connectivity index (χ3n) is 5.48. The summed E-state index contributed by atoms with van der Waals surface area (Å²) in [6.07, 6.45) is 5.22. The second kappa shape index (κ2) is 6.50. The van der Waals surface area contributed by atoms with Gasteiger partial charge >= 0.3 is 0 Å². The molecule has 1 aromatic carbocycles. The number of hydrogen-bond acceptors (Lipinski definition) is 5. The van der Waals surface area contributed by atoms with Gasteiger partial charge in [-0.3, -0.25) is 4.79 Å². The van der Waals surface area contributed by atoms with E-state index in [-0.39, 0.29) is 5.91 Å². The number of carbonyl (C=O) groups excluding carboxylic acids is 1. The molecule has 0 bridgehead atoms. The van der Waals surface area contributed by atoms with E-state index >= 15 is 0 Å². The van der Waals surface area contributed by atoms with Gasteiger partial charge in [-0.1, -0.05) is 5.16 Å². The van der Waals surface area contributed by atoms with Crippen LogP contribution in [0.4, 0.5) is 0 Å². The quantitative estimate of drug-likeness (QED) is 0.691. The van der Waals surface area contributed by atoms with Gasteiger partial charge in [-0.15, -0.1) is 11.3 Å². The van der Waals surface area contributed by atoms with Crippen LogP contribution in [0.1, 0.15) is 53.7 Å². The Morgan fingerprint density at radius 2 is 2.04 bits per heavy atom. The summed E-state index contributed by atoms with van der Waals surface area (Å²) >= 11 is 1.71. The largest absolute Gasteiger partial charge is 0.339 e. The number of fused-ring (bicyclic) bond motifs is 1. The van der Waals surface area contributed by atoms with E-state index in [2.05, 4.69) is 21.6 Å². The van der Waals surface area contributed by atoms with Crippen LogP contribution in [0.3, 0.4) is 0 Å². The number of hydrogen-bond donors (Lipinski definition) is 0. The molecule has 2 aliphatic rings. The molecule has 5 rings (SSSR count). The van der Waals surface area contributed by atoms with E-state index in [1.54, 1.807) is 11.3 Å². The van der Waals surface area contributed by atoms with Gasteiger partial charge in [0.2, 0.25) is 5.89 Å². The predicted octanol–water partition coefficient (Wildman–Crippen LogP) is 4.26. The summed E-state index contributed by atoms with van der Waals surface area (Å²) in [4.78, 5) is 19.3. The van der Waals surface area contributed by atoms with Crippen LogP contribution in [0, 0.1) is 5.92 Å². The van der Waals surface area contributed by atoms with Crippen molar-refractivity contribution in [2.24, 2.45) is 5.92 Å². The van der Waals surface area contributed by atoms with Gasteiger partial charge in [-0.05, 0) is 66.6 Å². The van der Waals surface area contributed by atoms with Crippen molar-refractivity contribution in [2.75, 3.05) is 13.1 Å². The number of rotatable bonds is 4. The van der Waals surface area contributed by atoms with Crippen LogP contribution in [-0.4, -0.2) is 34.0 Å². The van der Waals surface area contributed by atoms with Crippen LogP contribution in [0.2, 0.25) is 0 Å². The van der Waals surface area contributed by atoms with E-state index in [0.29, 0.717) is 11.8 Å². The van der Waals surface area contributed by atoms with Crippen molar-refractivity contribution in [2.45, 2.75) is 38.0 Å². The minimum Gasteiger partial charge on any atom is -0.339 e. The van der Waals surface area contributed by atoms with E-state index in [9.17, 15) is 4.79 Å². The molecule has 3 aromatic rings. The molecular formula is C20H21N3O2S. The Balaban J connectivity index is 1.19. The molecule has 1 amide bonds. The summed E-state index contributed by atoms with van der Waals surface area (Å²) in [6, 6.07) is 8.09. The zero-order valence-corrected chi connectivity index (χ0v) is 15.4. The predicted molar refractivity (Wildman–Crippen MR) is 100 cm³/mol. The third kappa shape index (κ3) is 3.14. The lowest BCUT2D eigenvalue weighted by Crippen LogP contribution is -2.39. The Morgan fingerprint density at radius 1 is 1.19 bits per heavy atom. The molecule has 0 unspecified atom stereocenters.